The van der Waals surface area contributed by atoms with Gasteiger partial charge in [0.15, 0.2) is 0 Å². The number of rotatable bonds is 8. The molecule has 2 rings (SSSR count). The van der Waals surface area contributed by atoms with E-state index in [0.29, 0.717) is 13.2 Å². The molecule has 0 saturated carbocycles. The minimum absolute atomic E-state index is 0.00201. The van der Waals surface area contributed by atoms with Crippen LogP contribution in [0.3, 0.4) is 0 Å². The van der Waals surface area contributed by atoms with Gasteiger partial charge in [0.05, 0.1) is 19.3 Å². The monoisotopic (exact) mass is 352 g/mol. The molecular formula is C19H30BFO4. The first-order valence-electron chi connectivity index (χ1n) is 9.24. The SMILES string of the molecule is CC(C)OB(OC(C)C)c1ccc(F)cc1COC1CCCCOC1. The molecule has 1 atom stereocenters. The largest absolute Gasteiger partial charge is 0.494 e. The molecule has 0 radical (unpaired) electrons. The highest BCUT2D eigenvalue weighted by molar-refractivity contribution is 6.61. The standard InChI is InChI=1S/C19H30BFO4/c1-14(2)24-20(25-15(3)4)19-9-8-17(21)11-16(19)12-23-18-7-5-6-10-22-13-18/h8-9,11,14-15,18H,5-7,10,12-13H2,1-4H3. The topological polar surface area (TPSA) is 36.9 Å². The second kappa shape index (κ2) is 10.3. The molecule has 140 valence electrons. The lowest BCUT2D eigenvalue weighted by Gasteiger charge is -2.23. The summed E-state index contributed by atoms with van der Waals surface area (Å²) in [4.78, 5) is 0. The summed E-state index contributed by atoms with van der Waals surface area (Å²) in [6.45, 7) is 9.54. The first-order chi connectivity index (χ1) is 12.0. The molecule has 1 aliphatic rings. The van der Waals surface area contributed by atoms with Gasteiger partial charge in [-0.15, -0.1) is 0 Å². The highest BCUT2D eigenvalue weighted by Gasteiger charge is 2.27. The van der Waals surface area contributed by atoms with Crippen LogP contribution in [0.2, 0.25) is 0 Å². The van der Waals surface area contributed by atoms with Gasteiger partial charge in [0.1, 0.15) is 5.82 Å². The zero-order valence-electron chi connectivity index (χ0n) is 15.8. The normalized spacial score (nSPS) is 18.6. The van der Waals surface area contributed by atoms with Crippen molar-refractivity contribution in [2.24, 2.45) is 0 Å². The van der Waals surface area contributed by atoms with E-state index in [1.54, 1.807) is 6.07 Å². The van der Waals surface area contributed by atoms with Crippen LogP contribution in [0.25, 0.3) is 0 Å². The molecule has 1 aromatic carbocycles. The maximum atomic E-state index is 13.8. The Bertz CT molecular complexity index is 506. The molecule has 0 bridgehead atoms. The molecule has 6 heteroatoms. The van der Waals surface area contributed by atoms with E-state index < -0.39 is 7.12 Å². The second-order valence-electron chi connectivity index (χ2n) is 7.05. The Morgan fingerprint density at radius 1 is 1.16 bits per heavy atom. The Kier molecular flexibility index (Phi) is 8.36. The fourth-order valence-electron chi connectivity index (χ4n) is 2.82. The summed E-state index contributed by atoms with van der Waals surface area (Å²) in [7, 11) is -0.537. The van der Waals surface area contributed by atoms with Gasteiger partial charge in [-0.25, -0.2) is 4.39 Å². The molecule has 25 heavy (non-hydrogen) atoms. The molecule has 1 saturated heterocycles. The fourth-order valence-corrected chi connectivity index (χ4v) is 2.82. The molecule has 1 fully saturated rings. The van der Waals surface area contributed by atoms with E-state index >= 15 is 0 Å². The van der Waals surface area contributed by atoms with Crippen molar-refractivity contribution < 1.29 is 23.2 Å². The predicted molar refractivity (Wildman–Crippen MR) is 97.5 cm³/mol. The first-order valence-corrected chi connectivity index (χ1v) is 9.24. The van der Waals surface area contributed by atoms with E-state index in [0.717, 1.165) is 36.9 Å². The number of benzene rings is 1. The summed E-state index contributed by atoms with van der Waals surface area (Å²) in [5.41, 5.74) is 1.58. The quantitative estimate of drug-likeness (QED) is 0.672. The molecule has 1 aliphatic heterocycles. The van der Waals surface area contributed by atoms with Crippen LogP contribution in [0.4, 0.5) is 4.39 Å². The first kappa shape index (κ1) is 20.4. The van der Waals surface area contributed by atoms with E-state index in [9.17, 15) is 4.39 Å². The summed E-state index contributed by atoms with van der Waals surface area (Å²) in [5.74, 6) is -0.285. The third-order valence-corrected chi connectivity index (χ3v) is 3.99. The van der Waals surface area contributed by atoms with Gasteiger partial charge >= 0.3 is 7.12 Å². The molecule has 4 nitrogen and oxygen atoms in total. The van der Waals surface area contributed by atoms with Crippen molar-refractivity contribution in [1.29, 1.82) is 0 Å². The molecule has 1 aromatic rings. The minimum Gasteiger partial charge on any atom is -0.405 e. The van der Waals surface area contributed by atoms with Gasteiger partial charge in [0.25, 0.3) is 0 Å². The smallest absolute Gasteiger partial charge is 0.405 e. The number of ether oxygens (including phenoxy) is 2. The molecule has 1 unspecified atom stereocenters. The lowest BCUT2D eigenvalue weighted by molar-refractivity contribution is -0.0159. The van der Waals surface area contributed by atoms with Crippen LogP contribution in [-0.2, 0) is 25.4 Å². The van der Waals surface area contributed by atoms with Gasteiger partial charge in [0, 0.05) is 18.8 Å². The Balaban J connectivity index is 2.13. The zero-order valence-corrected chi connectivity index (χ0v) is 15.8. The van der Waals surface area contributed by atoms with Gasteiger partial charge < -0.3 is 18.8 Å². The summed E-state index contributed by atoms with van der Waals surface area (Å²) in [5, 5.41) is 0. The molecule has 1 heterocycles. The van der Waals surface area contributed by atoms with Crippen LogP contribution in [0.1, 0.15) is 52.5 Å². The number of halogens is 1. The summed E-state index contributed by atoms with van der Waals surface area (Å²) < 4.78 is 37.2. The Morgan fingerprint density at radius 2 is 1.88 bits per heavy atom. The lowest BCUT2D eigenvalue weighted by atomic mass is 9.75. The molecule has 0 aliphatic carbocycles. The van der Waals surface area contributed by atoms with E-state index in [4.69, 9.17) is 18.8 Å². The maximum absolute atomic E-state index is 13.8. The van der Waals surface area contributed by atoms with Crippen LogP contribution >= 0.6 is 0 Å². The van der Waals surface area contributed by atoms with E-state index in [1.165, 1.54) is 12.1 Å². The highest BCUT2D eigenvalue weighted by atomic mass is 19.1. The molecule has 0 amide bonds. The average Bonchev–Trinajstić information content (AvgIpc) is 2.80. The molecule has 0 aromatic heterocycles. The van der Waals surface area contributed by atoms with Crippen LogP contribution in [0.15, 0.2) is 18.2 Å². The second-order valence-corrected chi connectivity index (χ2v) is 7.05. The summed E-state index contributed by atoms with van der Waals surface area (Å²) in [6, 6.07) is 4.67. The predicted octanol–water partition coefficient (Wildman–Crippen LogP) is 3.46. The Hall–Kier alpha value is -0.945. The van der Waals surface area contributed by atoms with Crippen molar-refractivity contribution in [3.8, 4) is 0 Å². The molecule has 0 N–H and O–H groups in total. The summed E-state index contributed by atoms with van der Waals surface area (Å²) in [6.07, 6.45) is 3.18. The van der Waals surface area contributed by atoms with Crippen molar-refractivity contribution >= 4 is 12.6 Å². The number of hydrogen-bond acceptors (Lipinski definition) is 4. The van der Waals surface area contributed by atoms with Crippen LogP contribution in [0, 0.1) is 5.82 Å². The lowest BCUT2D eigenvalue weighted by Crippen LogP contribution is -2.43. The van der Waals surface area contributed by atoms with Gasteiger partial charge in [0.2, 0.25) is 0 Å². The maximum Gasteiger partial charge on any atom is 0.494 e. The molecular weight excluding hydrogens is 322 g/mol. The van der Waals surface area contributed by atoms with Crippen LogP contribution in [-0.4, -0.2) is 38.6 Å². The van der Waals surface area contributed by atoms with Crippen molar-refractivity contribution in [1.82, 2.24) is 0 Å². The van der Waals surface area contributed by atoms with Gasteiger partial charge in [-0.1, -0.05) is 6.07 Å². The van der Waals surface area contributed by atoms with E-state index in [-0.39, 0.29) is 24.1 Å². The summed E-state index contributed by atoms with van der Waals surface area (Å²) >= 11 is 0. The Morgan fingerprint density at radius 3 is 2.56 bits per heavy atom. The third kappa shape index (κ3) is 7.06. The van der Waals surface area contributed by atoms with Crippen molar-refractivity contribution in [2.75, 3.05) is 13.2 Å². The van der Waals surface area contributed by atoms with E-state index in [2.05, 4.69) is 0 Å². The highest BCUT2D eigenvalue weighted by Crippen LogP contribution is 2.14. The van der Waals surface area contributed by atoms with Crippen molar-refractivity contribution in [2.45, 2.75) is 71.9 Å². The van der Waals surface area contributed by atoms with Gasteiger partial charge in [-0.05, 0) is 70.1 Å². The van der Waals surface area contributed by atoms with Crippen LogP contribution < -0.4 is 5.46 Å². The minimum atomic E-state index is -0.537. The van der Waals surface area contributed by atoms with Gasteiger partial charge in [-0.3, -0.25) is 0 Å². The average molecular weight is 352 g/mol. The van der Waals surface area contributed by atoms with Crippen molar-refractivity contribution in [3.05, 3.63) is 29.6 Å². The van der Waals surface area contributed by atoms with Crippen LogP contribution in [0.5, 0.6) is 0 Å². The van der Waals surface area contributed by atoms with E-state index in [1.807, 2.05) is 27.7 Å². The Labute approximate surface area is 151 Å². The van der Waals surface area contributed by atoms with Crippen molar-refractivity contribution in [3.63, 3.8) is 0 Å². The third-order valence-electron chi connectivity index (χ3n) is 3.99. The zero-order chi connectivity index (χ0) is 18.2. The molecule has 0 spiro atoms. The fraction of sp³-hybridized carbons (Fsp3) is 0.684. The number of hydrogen-bond donors (Lipinski definition) is 0. The van der Waals surface area contributed by atoms with Gasteiger partial charge in [-0.2, -0.15) is 0 Å².